The molecule has 1 aromatic rings. The second kappa shape index (κ2) is 4.67. The van der Waals surface area contributed by atoms with Gasteiger partial charge < -0.3 is 19.9 Å². The Morgan fingerprint density at radius 1 is 1.56 bits per heavy atom. The molecule has 0 aliphatic rings. The summed E-state index contributed by atoms with van der Waals surface area (Å²) < 4.78 is 5.17. The highest BCUT2D eigenvalue weighted by Crippen LogP contribution is 2.15. The minimum atomic E-state index is -1.06. The Kier molecular flexibility index (Phi) is 3.72. The molecular weight excluding hydrogens is 210 g/mol. The van der Waals surface area contributed by atoms with Crippen molar-refractivity contribution in [3.8, 4) is 0 Å². The highest BCUT2D eigenvalue weighted by Gasteiger charge is 2.18. The smallest absolute Gasteiger partial charge is 0.372 e. The first-order chi connectivity index (χ1) is 7.35. The van der Waals surface area contributed by atoms with Crippen LogP contribution in [-0.2, 0) is 6.54 Å². The molecule has 0 amide bonds. The summed E-state index contributed by atoms with van der Waals surface area (Å²) in [6.07, 6.45) is 0. The van der Waals surface area contributed by atoms with E-state index in [-0.39, 0.29) is 12.4 Å². The third kappa shape index (κ3) is 3.08. The van der Waals surface area contributed by atoms with Crippen molar-refractivity contribution in [1.29, 1.82) is 0 Å². The summed E-state index contributed by atoms with van der Waals surface area (Å²) in [6, 6.07) is 1.68. The number of carbonyl (C=O) groups is 1. The van der Waals surface area contributed by atoms with Crippen molar-refractivity contribution >= 4 is 5.97 Å². The predicted octanol–water partition coefficient (Wildman–Crippen LogP) is 1.15. The third-order valence-electron chi connectivity index (χ3n) is 2.30. The van der Waals surface area contributed by atoms with E-state index in [2.05, 4.69) is 5.32 Å². The van der Waals surface area contributed by atoms with Gasteiger partial charge in [-0.05, 0) is 26.8 Å². The van der Waals surface area contributed by atoms with Gasteiger partial charge in [0, 0.05) is 11.1 Å². The van der Waals surface area contributed by atoms with Crippen molar-refractivity contribution < 1.29 is 19.4 Å². The van der Waals surface area contributed by atoms with E-state index in [4.69, 9.17) is 14.6 Å². The Bertz CT molecular complexity index is 381. The van der Waals surface area contributed by atoms with Crippen LogP contribution in [0.2, 0.25) is 0 Å². The molecule has 0 fully saturated rings. The van der Waals surface area contributed by atoms with E-state index in [1.807, 2.05) is 13.8 Å². The molecule has 0 aliphatic carbocycles. The average Bonchev–Trinajstić information content (AvgIpc) is 2.57. The minimum absolute atomic E-state index is 0.00151. The number of carboxylic acid groups (broad SMARTS) is 1. The van der Waals surface area contributed by atoms with Gasteiger partial charge >= 0.3 is 5.97 Å². The number of aliphatic hydroxyl groups is 1. The molecule has 0 spiro atoms. The molecule has 0 atom stereocenters. The van der Waals surface area contributed by atoms with Gasteiger partial charge in [-0.15, -0.1) is 0 Å². The number of carboxylic acids is 1. The number of aromatic carboxylic acids is 1. The van der Waals surface area contributed by atoms with Crippen molar-refractivity contribution in [2.75, 3.05) is 6.61 Å². The van der Waals surface area contributed by atoms with Crippen molar-refractivity contribution in [2.45, 2.75) is 32.9 Å². The number of rotatable bonds is 5. The standard InChI is InChI=1S/C11H17NO4/c1-7-4-8(16-9(7)10(14)15)5-12-11(2,3)6-13/h4,12-13H,5-6H2,1-3H3,(H,14,15). The maximum absolute atomic E-state index is 10.7. The van der Waals surface area contributed by atoms with E-state index in [1.54, 1.807) is 13.0 Å². The number of aryl methyl sites for hydroxylation is 1. The molecule has 0 aliphatic heterocycles. The van der Waals surface area contributed by atoms with Gasteiger partial charge in [-0.1, -0.05) is 0 Å². The molecule has 3 N–H and O–H groups in total. The van der Waals surface area contributed by atoms with Gasteiger partial charge in [-0.3, -0.25) is 0 Å². The third-order valence-corrected chi connectivity index (χ3v) is 2.30. The molecule has 5 nitrogen and oxygen atoms in total. The minimum Gasteiger partial charge on any atom is -0.475 e. The Morgan fingerprint density at radius 2 is 2.19 bits per heavy atom. The summed E-state index contributed by atoms with van der Waals surface area (Å²) in [4.78, 5) is 10.7. The van der Waals surface area contributed by atoms with Crippen LogP contribution >= 0.6 is 0 Å². The molecule has 1 heterocycles. The monoisotopic (exact) mass is 227 g/mol. The van der Waals surface area contributed by atoms with E-state index in [0.29, 0.717) is 17.9 Å². The summed E-state index contributed by atoms with van der Waals surface area (Å²) in [7, 11) is 0. The number of hydrogen-bond donors (Lipinski definition) is 3. The largest absolute Gasteiger partial charge is 0.475 e. The van der Waals surface area contributed by atoms with Crippen LogP contribution in [0.5, 0.6) is 0 Å². The van der Waals surface area contributed by atoms with Gasteiger partial charge in [0.1, 0.15) is 5.76 Å². The number of hydrogen-bond acceptors (Lipinski definition) is 4. The maximum Gasteiger partial charge on any atom is 0.372 e. The van der Waals surface area contributed by atoms with Crippen molar-refractivity contribution in [3.63, 3.8) is 0 Å². The fourth-order valence-electron chi connectivity index (χ4n) is 1.23. The zero-order chi connectivity index (χ0) is 12.3. The van der Waals surface area contributed by atoms with E-state index < -0.39 is 11.5 Å². The van der Waals surface area contributed by atoms with Crippen LogP contribution in [0.4, 0.5) is 0 Å². The first-order valence-corrected chi connectivity index (χ1v) is 5.04. The van der Waals surface area contributed by atoms with Gasteiger partial charge in [-0.25, -0.2) is 4.79 Å². The average molecular weight is 227 g/mol. The van der Waals surface area contributed by atoms with Gasteiger partial charge in [0.2, 0.25) is 5.76 Å². The number of furan rings is 1. The Labute approximate surface area is 94.1 Å². The molecule has 0 radical (unpaired) electrons. The number of nitrogens with one attached hydrogen (secondary N) is 1. The highest BCUT2D eigenvalue weighted by atomic mass is 16.4. The van der Waals surface area contributed by atoms with Crippen LogP contribution in [-0.4, -0.2) is 28.3 Å². The van der Waals surface area contributed by atoms with Crippen LogP contribution < -0.4 is 5.32 Å². The van der Waals surface area contributed by atoms with Crippen LogP contribution in [0.1, 0.15) is 35.7 Å². The molecule has 90 valence electrons. The summed E-state index contributed by atoms with van der Waals surface area (Å²) in [6.45, 7) is 5.77. The van der Waals surface area contributed by atoms with Crippen LogP contribution in [0.3, 0.4) is 0 Å². The van der Waals surface area contributed by atoms with E-state index in [0.717, 1.165) is 0 Å². The Hall–Kier alpha value is -1.33. The highest BCUT2D eigenvalue weighted by molar-refractivity contribution is 5.86. The molecule has 0 saturated carbocycles. The van der Waals surface area contributed by atoms with Gasteiger partial charge in [0.05, 0.1) is 13.2 Å². The fourth-order valence-corrected chi connectivity index (χ4v) is 1.23. The fraction of sp³-hybridized carbons (Fsp3) is 0.545. The summed E-state index contributed by atoms with van der Waals surface area (Å²) in [5.41, 5.74) is 0.190. The van der Waals surface area contributed by atoms with Crippen molar-refractivity contribution in [3.05, 3.63) is 23.2 Å². The molecule has 5 heteroatoms. The lowest BCUT2D eigenvalue weighted by Gasteiger charge is -2.22. The summed E-state index contributed by atoms with van der Waals surface area (Å²) >= 11 is 0. The first kappa shape index (κ1) is 12.7. The first-order valence-electron chi connectivity index (χ1n) is 5.04. The van der Waals surface area contributed by atoms with Gasteiger partial charge in [0.15, 0.2) is 0 Å². The Morgan fingerprint density at radius 3 is 2.62 bits per heavy atom. The van der Waals surface area contributed by atoms with E-state index in [9.17, 15) is 4.79 Å². The van der Waals surface area contributed by atoms with E-state index in [1.165, 1.54) is 0 Å². The lowest BCUT2D eigenvalue weighted by molar-refractivity contribution is 0.0658. The van der Waals surface area contributed by atoms with Crippen molar-refractivity contribution in [2.24, 2.45) is 0 Å². The van der Waals surface area contributed by atoms with Crippen LogP contribution in [0.25, 0.3) is 0 Å². The molecule has 16 heavy (non-hydrogen) atoms. The zero-order valence-corrected chi connectivity index (χ0v) is 9.70. The Balaban J connectivity index is 2.69. The van der Waals surface area contributed by atoms with Crippen LogP contribution in [0, 0.1) is 6.92 Å². The lowest BCUT2D eigenvalue weighted by atomic mass is 10.1. The maximum atomic E-state index is 10.7. The van der Waals surface area contributed by atoms with Crippen LogP contribution in [0.15, 0.2) is 10.5 Å². The summed E-state index contributed by atoms with van der Waals surface area (Å²) in [5.74, 6) is -0.541. The second-order valence-corrected chi connectivity index (χ2v) is 4.43. The number of aliphatic hydroxyl groups excluding tert-OH is 1. The molecular formula is C11H17NO4. The molecule has 0 saturated heterocycles. The molecule has 0 unspecified atom stereocenters. The molecule has 1 rings (SSSR count). The van der Waals surface area contributed by atoms with Crippen molar-refractivity contribution in [1.82, 2.24) is 5.32 Å². The zero-order valence-electron chi connectivity index (χ0n) is 9.70. The predicted molar refractivity (Wildman–Crippen MR) is 58.4 cm³/mol. The molecule has 0 bridgehead atoms. The lowest BCUT2D eigenvalue weighted by Crippen LogP contribution is -2.41. The normalized spacial score (nSPS) is 11.8. The van der Waals surface area contributed by atoms with E-state index >= 15 is 0 Å². The molecule has 1 aromatic heterocycles. The SMILES string of the molecule is Cc1cc(CNC(C)(C)CO)oc1C(=O)O. The summed E-state index contributed by atoms with van der Waals surface area (Å²) in [5, 5.41) is 20.9. The second-order valence-electron chi connectivity index (χ2n) is 4.43. The van der Waals surface area contributed by atoms with Gasteiger partial charge in [-0.2, -0.15) is 0 Å². The molecule has 0 aromatic carbocycles. The topological polar surface area (TPSA) is 82.7 Å². The van der Waals surface area contributed by atoms with Gasteiger partial charge in [0.25, 0.3) is 0 Å². The quantitative estimate of drug-likeness (QED) is 0.702.